The van der Waals surface area contributed by atoms with Crippen LogP contribution in [0, 0.1) is 10.1 Å². The van der Waals surface area contributed by atoms with Gasteiger partial charge in [0.25, 0.3) is 5.69 Å². The lowest BCUT2D eigenvalue weighted by Gasteiger charge is -1.92. The van der Waals surface area contributed by atoms with Crippen LogP contribution in [0.15, 0.2) is 24.3 Å². The fraction of sp³-hybridized carbons (Fsp3) is 0. The first-order valence-corrected chi connectivity index (χ1v) is 3.17. The van der Waals surface area contributed by atoms with Crippen molar-refractivity contribution in [1.82, 2.24) is 0 Å². The Bertz CT molecular complexity index is 262. The van der Waals surface area contributed by atoms with Gasteiger partial charge in [-0.25, -0.2) is 0 Å². The van der Waals surface area contributed by atoms with E-state index in [0.717, 1.165) is 0 Å². The molecule has 0 saturated heterocycles. The van der Waals surface area contributed by atoms with Crippen LogP contribution in [0.25, 0.3) is 0 Å². The summed E-state index contributed by atoms with van der Waals surface area (Å²) in [5.74, 6) is 0. The Morgan fingerprint density at radius 3 is 2.40 bits per heavy atom. The number of nitro groups is 1. The summed E-state index contributed by atoms with van der Waals surface area (Å²) in [6.45, 7) is 0. The van der Waals surface area contributed by atoms with E-state index >= 15 is 0 Å². The minimum Gasteiger partial charge on any atom is -0.258 e. The van der Waals surface area contributed by atoms with E-state index in [1.54, 1.807) is 18.2 Å². The molecule has 4 heteroatoms. The first-order valence-electron chi connectivity index (χ1n) is 2.67. The molecule has 1 aromatic carbocycles. The van der Waals surface area contributed by atoms with Gasteiger partial charge < -0.3 is 0 Å². The zero-order valence-corrected chi connectivity index (χ0v) is 6.07. The van der Waals surface area contributed by atoms with Crippen molar-refractivity contribution in [3.8, 4) is 0 Å². The summed E-state index contributed by atoms with van der Waals surface area (Å²) in [5, 5.41) is 10.7. The quantitative estimate of drug-likeness (QED) is 0.330. The summed E-state index contributed by atoms with van der Waals surface area (Å²) in [4.78, 5) is 9.77. The highest BCUT2D eigenvalue weighted by atomic mass is 28.1. The Balaban J connectivity index is 3.15. The average molecular weight is 150 g/mol. The van der Waals surface area contributed by atoms with Gasteiger partial charge in [-0.2, -0.15) is 0 Å². The Hall–Kier alpha value is -1.16. The first-order chi connectivity index (χ1) is 4.72. The number of hydrogen-bond donors (Lipinski definition) is 0. The van der Waals surface area contributed by atoms with E-state index in [1.165, 1.54) is 6.07 Å². The molecular weight excluding hydrogens is 146 g/mol. The highest BCUT2D eigenvalue weighted by Gasteiger charge is 2.05. The summed E-state index contributed by atoms with van der Waals surface area (Å²) < 4.78 is 0. The molecule has 1 rings (SSSR count). The van der Waals surface area contributed by atoms with Crippen molar-refractivity contribution < 1.29 is 4.92 Å². The molecule has 0 amide bonds. The third-order valence-electron chi connectivity index (χ3n) is 1.10. The van der Waals surface area contributed by atoms with Gasteiger partial charge in [0.05, 0.1) is 15.2 Å². The standard InChI is InChI=1S/C6H4NO2Si/c8-7(9)5-3-1-2-4-6(5)10/h1-4H. The van der Waals surface area contributed by atoms with E-state index in [4.69, 9.17) is 0 Å². The number of nitrogens with zero attached hydrogens (tertiary/aromatic N) is 1. The summed E-state index contributed by atoms with van der Waals surface area (Å²) in [7, 11) is 3.10. The molecule has 0 aliphatic rings. The second-order valence-electron chi connectivity index (χ2n) is 1.77. The molecule has 10 heavy (non-hydrogen) atoms. The van der Waals surface area contributed by atoms with E-state index in [-0.39, 0.29) is 5.69 Å². The molecule has 1 aromatic rings. The molecule has 0 atom stereocenters. The number of hydrogen-bond acceptors (Lipinski definition) is 2. The van der Waals surface area contributed by atoms with Crippen molar-refractivity contribution in [2.24, 2.45) is 0 Å². The minimum absolute atomic E-state index is 0.0965. The second-order valence-corrected chi connectivity index (χ2v) is 2.31. The third-order valence-corrected chi connectivity index (χ3v) is 1.52. The van der Waals surface area contributed by atoms with E-state index in [1.807, 2.05) is 0 Å². The highest BCUT2D eigenvalue weighted by Crippen LogP contribution is 2.03. The van der Waals surface area contributed by atoms with Crippen molar-refractivity contribution in [2.75, 3.05) is 0 Å². The van der Waals surface area contributed by atoms with Crippen LogP contribution in [0.5, 0.6) is 0 Å². The summed E-state index contributed by atoms with van der Waals surface area (Å²) in [5.41, 5.74) is 0.0965. The van der Waals surface area contributed by atoms with Crippen LogP contribution < -0.4 is 5.19 Å². The Kier molecular flexibility index (Phi) is 1.82. The van der Waals surface area contributed by atoms with Gasteiger partial charge >= 0.3 is 0 Å². The molecule has 0 fully saturated rings. The Labute approximate surface area is 61.3 Å². The van der Waals surface area contributed by atoms with E-state index in [9.17, 15) is 10.1 Å². The van der Waals surface area contributed by atoms with Crippen LogP contribution in [-0.2, 0) is 0 Å². The van der Waals surface area contributed by atoms with Gasteiger partial charge in [-0.3, -0.25) is 10.1 Å². The smallest absolute Gasteiger partial charge is 0.258 e. The Morgan fingerprint density at radius 1 is 1.40 bits per heavy atom. The van der Waals surface area contributed by atoms with Gasteiger partial charge in [-0.15, -0.1) is 0 Å². The van der Waals surface area contributed by atoms with Crippen LogP contribution in [0.2, 0.25) is 0 Å². The summed E-state index contributed by atoms with van der Waals surface area (Å²) in [6, 6.07) is 6.44. The van der Waals surface area contributed by atoms with Gasteiger partial charge in [0.1, 0.15) is 0 Å². The molecule has 0 heterocycles. The predicted octanol–water partition coefficient (Wildman–Crippen LogP) is 0.389. The third kappa shape index (κ3) is 1.22. The molecule has 0 aliphatic carbocycles. The zero-order valence-electron chi connectivity index (χ0n) is 5.07. The lowest BCUT2D eigenvalue weighted by molar-refractivity contribution is -0.383. The molecule has 49 valence electrons. The molecule has 0 spiro atoms. The number of benzene rings is 1. The van der Waals surface area contributed by atoms with Crippen molar-refractivity contribution in [3.05, 3.63) is 34.4 Å². The van der Waals surface area contributed by atoms with Crippen LogP contribution >= 0.6 is 0 Å². The van der Waals surface area contributed by atoms with Crippen LogP contribution in [0.3, 0.4) is 0 Å². The van der Waals surface area contributed by atoms with Gasteiger partial charge in [-0.1, -0.05) is 18.2 Å². The van der Waals surface area contributed by atoms with Crippen molar-refractivity contribution in [3.63, 3.8) is 0 Å². The molecule has 0 aliphatic heterocycles. The molecule has 3 nitrogen and oxygen atoms in total. The lowest BCUT2D eigenvalue weighted by atomic mass is 10.3. The monoisotopic (exact) mass is 150 g/mol. The molecule has 0 saturated carbocycles. The van der Waals surface area contributed by atoms with Gasteiger partial charge in [0.15, 0.2) is 0 Å². The topological polar surface area (TPSA) is 43.1 Å². The lowest BCUT2D eigenvalue weighted by Crippen LogP contribution is -2.07. The van der Waals surface area contributed by atoms with E-state index in [0.29, 0.717) is 5.19 Å². The van der Waals surface area contributed by atoms with Crippen LogP contribution in [0.4, 0.5) is 5.69 Å². The van der Waals surface area contributed by atoms with Crippen molar-refractivity contribution >= 4 is 21.1 Å². The zero-order chi connectivity index (χ0) is 7.56. The summed E-state index contributed by atoms with van der Waals surface area (Å²) >= 11 is 0. The fourth-order valence-corrected chi connectivity index (χ4v) is 0.904. The first kappa shape index (κ1) is 6.95. The van der Waals surface area contributed by atoms with Gasteiger partial charge in [0, 0.05) is 11.3 Å². The van der Waals surface area contributed by atoms with E-state index in [2.05, 4.69) is 10.2 Å². The van der Waals surface area contributed by atoms with Gasteiger partial charge in [0.2, 0.25) is 0 Å². The molecule has 0 unspecified atom stereocenters. The number of rotatable bonds is 1. The molecule has 0 N–H and O–H groups in total. The maximum Gasteiger partial charge on any atom is 0.267 e. The van der Waals surface area contributed by atoms with Crippen molar-refractivity contribution in [2.45, 2.75) is 0 Å². The SMILES string of the molecule is O=[N+]([O-])c1ccccc1[Si]. The highest BCUT2D eigenvalue weighted by molar-refractivity contribution is 6.34. The second kappa shape index (κ2) is 2.61. The summed E-state index contributed by atoms with van der Waals surface area (Å²) in [6.07, 6.45) is 0. The maximum atomic E-state index is 10.2. The predicted molar refractivity (Wildman–Crippen MR) is 38.5 cm³/mol. The van der Waals surface area contributed by atoms with Crippen molar-refractivity contribution in [1.29, 1.82) is 0 Å². The molecule has 0 bridgehead atoms. The molecule has 3 radical (unpaired) electrons. The number of nitro benzene ring substituents is 1. The molecule has 0 aromatic heterocycles. The fourth-order valence-electron chi connectivity index (χ4n) is 0.633. The molecular formula is C6H4NO2Si. The Morgan fingerprint density at radius 2 is 2.00 bits per heavy atom. The largest absolute Gasteiger partial charge is 0.267 e. The van der Waals surface area contributed by atoms with Crippen LogP contribution in [0.1, 0.15) is 0 Å². The number of para-hydroxylation sites is 1. The van der Waals surface area contributed by atoms with Crippen LogP contribution in [-0.4, -0.2) is 15.2 Å². The average Bonchev–Trinajstić information content (AvgIpc) is 1.88. The van der Waals surface area contributed by atoms with E-state index < -0.39 is 4.92 Å². The normalized spacial score (nSPS) is 9.30. The van der Waals surface area contributed by atoms with Gasteiger partial charge in [-0.05, 0) is 0 Å². The maximum absolute atomic E-state index is 10.2. The minimum atomic E-state index is -0.428.